The van der Waals surface area contributed by atoms with Crippen LogP contribution in [0.25, 0.3) is 0 Å². The van der Waals surface area contributed by atoms with Crippen LogP contribution in [0.15, 0.2) is 27.5 Å². The third kappa shape index (κ3) is 3.49. The van der Waals surface area contributed by atoms with Gasteiger partial charge in [-0.2, -0.15) is 4.36 Å². The Bertz CT molecular complexity index is 1020. The van der Waals surface area contributed by atoms with Crippen molar-refractivity contribution in [1.82, 2.24) is 9.78 Å². The molecule has 3 rings (SSSR count). The second kappa shape index (κ2) is 7.38. The number of rotatable bonds is 4. The first-order valence-electron chi connectivity index (χ1n) is 8.30. The van der Waals surface area contributed by atoms with E-state index in [-0.39, 0.29) is 28.4 Å². The number of ketones is 1. The Morgan fingerprint density at radius 3 is 2.58 bits per heavy atom. The van der Waals surface area contributed by atoms with Gasteiger partial charge in [0, 0.05) is 35.9 Å². The molecule has 2 N–H and O–H groups in total. The number of hydrogen-bond donors (Lipinski definition) is 2. The summed E-state index contributed by atoms with van der Waals surface area (Å²) in [5.74, 6) is 0.409. The summed E-state index contributed by atoms with van der Waals surface area (Å²) in [5.41, 5.74) is 0.173. The van der Waals surface area contributed by atoms with E-state index in [1.807, 2.05) is 0 Å². The summed E-state index contributed by atoms with van der Waals surface area (Å²) in [5, 5.41) is 12.3. The second-order valence-corrected chi connectivity index (χ2v) is 9.23. The summed E-state index contributed by atoms with van der Waals surface area (Å²) in [6.07, 6.45) is 3.99. The van der Waals surface area contributed by atoms with Crippen LogP contribution in [0.5, 0.6) is 0 Å². The lowest BCUT2D eigenvalue weighted by atomic mass is 10.0. The van der Waals surface area contributed by atoms with Crippen LogP contribution in [-0.2, 0) is 23.4 Å². The van der Waals surface area contributed by atoms with Crippen molar-refractivity contribution in [3.05, 3.63) is 50.4 Å². The van der Waals surface area contributed by atoms with Gasteiger partial charge in [0.05, 0.1) is 27.0 Å². The van der Waals surface area contributed by atoms with Crippen molar-refractivity contribution in [2.45, 2.75) is 25.9 Å². The number of aliphatic hydroxyl groups excluding tert-OH is 1. The molecule has 26 heavy (non-hydrogen) atoms. The zero-order valence-corrected chi connectivity index (χ0v) is 15.9. The number of nitrogens with one attached hydrogen (secondary N) is 1. The maximum Gasteiger partial charge on any atom is 0.277 e. The molecule has 0 radical (unpaired) electrons. The molecule has 1 aromatic carbocycles. The van der Waals surface area contributed by atoms with Gasteiger partial charge in [-0.05, 0) is 18.9 Å². The molecule has 0 unspecified atom stereocenters. The average molecular weight is 398 g/mol. The number of hydrogen-bond acceptors (Lipinski definition) is 5. The van der Waals surface area contributed by atoms with E-state index in [0.29, 0.717) is 17.1 Å². The highest BCUT2D eigenvalue weighted by Gasteiger charge is 2.23. The molecule has 7 nitrogen and oxygen atoms in total. The number of carbonyl (C=O) groups is 1. The molecule has 0 bridgehead atoms. The maximum absolute atomic E-state index is 13.0. The van der Waals surface area contributed by atoms with E-state index in [1.165, 1.54) is 30.1 Å². The van der Waals surface area contributed by atoms with Crippen molar-refractivity contribution >= 4 is 32.8 Å². The molecule has 1 aliphatic rings. The standard InChI is InChI=1S/C17H20ClN3O4S/c1-21-17(24)13(9-19-21)16(23)12-6-5-11(10-22)15(14(12)18)20-26(25)7-3-2-4-8-26/h5-6,9,19,22H,2-4,7-8,10H2,1H3. The normalized spacial score (nSPS) is 16.4. The van der Waals surface area contributed by atoms with Crippen LogP contribution in [0.1, 0.15) is 40.7 Å². The number of nitrogens with zero attached hydrogens (tertiary/aromatic N) is 2. The molecule has 0 saturated carbocycles. The Morgan fingerprint density at radius 1 is 1.31 bits per heavy atom. The van der Waals surface area contributed by atoms with Gasteiger partial charge in [-0.25, -0.2) is 4.21 Å². The Kier molecular flexibility index (Phi) is 5.36. The predicted molar refractivity (Wildman–Crippen MR) is 101 cm³/mol. The molecule has 0 aliphatic carbocycles. The van der Waals surface area contributed by atoms with Crippen molar-refractivity contribution in [2.24, 2.45) is 11.4 Å². The number of carbonyl (C=O) groups excluding carboxylic acids is 1. The van der Waals surface area contributed by atoms with E-state index in [0.717, 1.165) is 19.3 Å². The predicted octanol–water partition coefficient (Wildman–Crippen LogP) is 2.37. The highest BCUT2D eigenvalue weighted by Crippen LogP contribution is 2.35. The number of benzene rings is 1. The van der Waals surface area contributed by atoms with Crippen LogP contribution >= 0.6 is 11.6 Å². The quantitative estimate of drug-likeness (QED) is 0.772. The lowest BCUT2D eigenvalue weighted by Gasteiger charge is -2.17. The van der Waals surface area contributed by atoms with Gasteiger partial charge in [0.1, 0.15) is 5.56 Å². The Morgan fingerprint density at radius 2 is 2.00 bits per heavy atom. The molecular formula is C17H20ClN3O4S. The molecule has 0 spiro atoms. The number of aryl methyl sites for hydroxylation is 1. The molecule has 1 aromatic heterocycles. The first-order valence-corrected chi connectivity index (χ1v) is 10.5. The fraction of sp³-hybridized carbons (Fsp3) is 0.412. The van der Waals surface area contributed by atoms with Gasteiger partial charge in [-0.15, -0.1) is 0 Å². The zero-order valence-electron chi connectivity index (χ0n) is 14.3. The van der Waals surface area contributed by atoms with E-state index in [2.05, 4.69) is 9.46 Å². The highest BCUT2D eigenvalue weighted by molar-refractivity contribution is 7.93. The molecule has 1 aliphatic heterocycles. The smallest absolute Gasteiger partial charge is 0.277 e. The van der Waals surface area contributed by atoms with Crippen molar-refractivity contribution in [3.63, 3.8) is 0 Å². The van der Waals surface area contributed by atoms with Crippen molar-refractivity contribution in [2.75, 3.05) is 11.5 Å². The van der Waals surface area contributed by atoms with E-state index in [9.17, 15) is 18.9 Å². The van der Waals surface area contributed by atoms with Crippen LogP contribution in [0, 0.1) is 0 Å². The highest BCUT2D eigenvalue weighted by atomic mass is 35.5. The number of aliphatic hydroxyl groups is 1. The minimum atomic E-state index is -2.46. The Labute approximate surface area is 156 Å². The molecule has 140 valence electrons. The van der Waals surface area contributed by atoms with E-state index < -0.39 is 21.1 Å². The van der Waals surface area contributed by atoms with E-state index >= 15 is 0 Å². The molecule has 2 heterocycles. The maximum atomic E-state index is 13.0. The van der Waals surface area contributed by atoms with Crippen LogP contribution in [0.4, 0.5) is 5.69 Å². The molecule has 9 heteroatoms. The largest absolute Gasteiger partial charge is 0.392 e. The summed E-state index contributed by atoms with van der Waals surface area (Å²) >= 11 is 6.41. The van der Waals surface area contributed by atoms with Crippen LogP contribution in [-0.4, -0.2) is 36.4 Å². The molecule has 1 fully saturated rings. The number of aromatic amines is 1. The lowest BCUT2D eigenvalue weighted by Crippen LogP contribution is -2.19. The Balaban J connectivity index is 2.14. The first kappa shape index (κ1) is 18.9. The van der Waals surface area contributed by atoms with Crippen LogP contribution in [0.2, 0.25) is 5.02 Å². The van der Waals surface area contributed by atoms with Gasteiger partial charge < -0.3 is 10.2 Å². The van der Waals surface area contributed by atoms with Gasteiger partial charge >= 0.3 is 0 Å². The number of H-pyrrole nitrogens is 1. The topological polar surface area (TPSA) is 105 Å². The Hall–Kier alpha value is -1.90. The molecule has 2 aromatic rings. The molecule has 0 atom stereocenters. The van der Waals surface area contributed by atoms with E-state index in [4.69, 9.17) is 11.6 Å². The van der Waals surface area contributed by atoms with Gasteiger partial charge in [-0.1, -0.05) is 24.1 Å². The number of aromatic nitrogens is 2. The lowest BCUT2D eigenvalue weighted by molar-refractivity contribution is 0.103. The molecular weight excluding hydrogens is 378 g/mol. The molecule has 0 amide bonds. The second-order valence-electron chi connectivity index (χ2n) is 6.31. The summed E-state index contributed by atoms with van der Waals surface area (Å²) in [6.45, 7) is -0.339. The van der Waals surface area contributed by atoms with E-state index in [1.54, 1.807) is 0 Å². The van der Waals surface area contributed by atoms with Crippen molar-refractivity contribution < 1.29 is 14.1 Å². The van der Waals surface area contributed by atoms with Crippen molar-refractivity contribution in [1.29, 1.82) is 0 Å². The van der Waals surface area contributed by atoms with Gasteiger partial charge in [-0.3, -0.25) is 14.3 Å². The first-order chi connectivity index (χ1) is 12.4. The number of halogens is 1. The monoisotopic (exact) mass is 397 g/mol. The van der Waals surface area contributed by atoms with Gasteiger partial charge in [0.25, 0.3) is 5.56 Å². The minimum Gasteiger partial charge on any atom is -0.392 e. The van der Waals surface area contributed by atoms with Gasteiger partial charge in [0.2, 0.25) is 5.78 Å². The summed E-state index contributed by atoms with van der Waals surface area (Å²) < 4.78 is 18.5. The third-order valence-electron chi connectivity index (χ3n) is 4.48. The third-order valence-corrected chi connectivity index (χ3v) is 7.23. The fourth-order valence-electron chi connectivity index (χ4n) is 2.97. The summed E-state index contributed by atoms with van der Waals surface area (Å²) in [6, 6.07) is 2.98. The summed E-state index contributed by atoms with van der Waals surface area (Å²) in [7, 11) is -0.959. The van der Waals surface area contributed by atoms with Crippen LogP contribution in [0.3, 0.4) is 0 Å². The summed E-state index contributed by atoms with van der Waals surface area (Å²) in [4.78, 5) is 24.8. The van der Waals surface area contributed by atoms with Crippen LogP contribution < -0.4 is 5.56 Å². The van der Waals surface area contributed by atoms with Gasteiger partial charge in [0.15, 0.2) is 0 Å². The average Bonchev–Trinajstić information content (AvgIpc) is 2.96. The fourth-order valence-corrected chi connectivity index (χ4v) is 5.57. The minimum absolute atomic E-state index is 0.0121. The van der Waals surface area contributed by atoms with Crippen molar-refractivity contribution in [3.8, 4) is 0 Å². The zero-order chi connectivity index (χ0) is 18.9. The SMILES string of the molecule is Cn1[nH]cc(C(=O)c2ccc(CO)c(N=S3(=O)CCCCC3)c2Cl)c1=O. The molecule has 1 saturated heterocycles.